The molecule has 1 saturated heterocycles. The Morgan fingerprint density at radius 2 is 2.08 bits per heavy atom. The van der Waals surface area contributed by atoms with E-state index in [1.807, 2.05) is 23.1 Å². The lowest BCUT2D eigenvalue weighted by Crippen LogP contribution is -2.50. The van der Waals surface area contributed by atoms with Gasteiger partial charge in [-0.05, 0) is 56.7 Å². The van der Waals surface area contributed by atoms with Crippen LogP contribution in [0.15, 0.2) is 24.3 Å². The summed E-state index contributed by atoms with van der Waals surface area (Å²) >= 11 is 0. The molecule has 5 nitrogen and oxygen atoms in total. The zero-order valence-electron chi connectivity index (χ0n) is 15.2. The highest BCUT2D eigenvalue weighted by molar-refractivity contribution is 5.88. The minimum absolute atomic E-state index is 0.0376. The van der Waals surface area contributed by atoms with Crippen molar-refractivity contribution in [3.63, 3.8) is 0 Å². The summed E-state index contributed by atoms with van der Waals surface area (Å²) in [6, 6.07) is 7.77. The summed E-state index contributed by atoms with van der Waals surface area (Å²) in [6.45, 7) is 2.58. The lowest BCUT2D eigenvalue weighted by Gasteiger charge is -2.30. The van der Waals surface area contributed by atoms with Crippen LogP contribution in [0.3, 0.4) is 0 Å². The Hall–Kier alpha value is -2.04. The van der Waals surface area contributed by atoms with E-state index in [1.54, 1.807) is 14.0 Å². The van der Waals surface area contributed by atoms with Crippen LogP contribution in [0.5, 0.6) is 5.75 Å². The van der Waals surface area contributed by atoms with Crippen LogP contribution in [-0.2, 0) is 16.0 Å². The summed E-state index contributed by atoms with van der Waals surface area (Å²) in [5.41, 5.74) is 1.18. The zero-order chi connectivity index (χ0) is 17.8. The Balaban J connectivity index is 1.59. The molecule has 2 atom stereocenters. The van der Waals surface area contributed by atoms with Crippen LogP contribution in [0.4, 0.5) is 0 Å². The number of ether oxygens (including phenoxy) is 1. The standard InChI is InChI=1S/C20H28N2O3/c1-14(21-19(23)16-7-4-8-16)20(24)22-11-5-9-17(22)12-15-6-3-10-18(13-15)25-2/h3,6,10,13-14,16-17H,4-5,7-9,11-12H2,1-2H3,(H,21,23). The molecule has 1 aromatic rings. The third kappa shape index (κ3) is 4.14. The van der Waals surface area contributed by atoms with Crippen molar-refractivity contribution in [1.82, 2.24) is 10.2 Å². The molecule has 2 aliphatic rings. The zero-order valence-corrected chi connectivity index (χ0v) is 15.2. The van der Waals surface area contributed by atoms with Gasteiger partial charge in [0.2, 0.25) is 11.8 Å². The summed E-state index contributed by atoms with van der Waals surface area (Å²) < 4.78 is 5.29. The van der Waals surface area contributed by atoms with Crippen molar-refractivity contribution in [1.29, 1.82) is 0 Å². The van der Waals surface area contributed by atoms with Gasteiger partial charge in [-0.3, -0.25) is 9.59 Å². The van der Waals surface area contributed by atoms with Crippen LogP contribution in [-0.4, -0.2) is 42.5 Å². The normalized spacial score (nSPS) is 21.5. The number of hydrogen-bond acceptors (Lipinski definition) is 3. The third-order valence-corrected chi connectivity index (χ3v) is 5.47. The van der Waals surface area contributed by atoms with Crippen molar-refractivity contribution in [2.45, 2.75) is 57.5 Å². The molecule has 1 aliphatic heterocycles. The van der Waals surface area contributed by atoms with Crippen molar-refractivity contribution in [3.05, 3.63) is 29.8 Å². The van der Waals surface area contributed by atoms with Crippen LogP contribution < -0.4 is 10.1 Å². The molecule has 2 amide bonds. The van der Waals surface area contributed by atoms with Crippen molar-refractivity contribution >= 4 is 11.8 Å². The number of benzene rings is 1. The fraction of sp³-hybridized carbons (Fsp3) is 0.600. The second-order valence-corrected chi connectivity index (χ2v) is 7.24. The number of rotatable bonds is 6. The van der Waals surface area contributed by atoms with Crippen molar-refractivity contribution in [2.24, 2.45) is 5.92 Å². The summed E-state index contributed by atoms with van der Waals surface area (Å²) in [4.78, 5) is 26.9. The van der Waals surface area contributed by atoms with Gasteiger partial charge in [0.25, 0.3) is 0 Å². The van der Waals surface area contributed by atoms with Crippen LogP contribution in [0, 0.1) is 5.92 Å². The molecule has 0 radical (unpaired) electrons. The average Bonchev–Trinajstić information content (AvgIpc) is 3.00. The maximum Gasteiger partial charge on any atom is 0.245 e. The summed E-state index contributed by atoms with van der Waals surface area (Å²) in [6.07, 6.45) is 5.88. The fourth-order valence-electron chi connectivity index (χ4n) is 3.72. The van der Waals surface area contributed by atoms with E-state index in [-0.39, 0.29) is 23.8 Å². The topological polar surface area (TPSA) is 58.6 Å². The minimum Gasteiger partial charge on any atom is -0.497 e. The van der Waals surface area contributed by atoms with Crippen LogP contribution >= 0.6 is 0 Å². The van der Waals surface area contributed by atoms with E-state index in [4.69, 9.17) is 4.74 Å². The maximum absolute atomic E-state index is 12.8. The first-order valence-electron chi connectivity index (χ1n) is 9.32. The van der Waals surface area contributed by atoms with Crippen molar-refractivity contribution in [3.8, 4) is 5.75 Å². The van der Waals surface area contributed by atoms with Gasteiger partial charge in [0.05, 0.1) is 7.11 Å². The number of amides is 2. The van der Waals surface area contributed by atoms with E-state index in [9.17, 15) is 9.59 Å². The molecule has 3 rings (SSSR count). The van der Waals surface area contributed by atoms with Gasteiger partial charge in [-0.1, -0.05) is 18.6 Å². The van der Waals surface area contributed by atoms with Crippen LogP contribution in [0.2, 0.25) is 0 Å². The monoisotopic (exact) mass is 344 g/mol. The van der Waals surface area contributed by atoms with E-state index in [2.05, 4.69) is 11.4 Å². The van der Waals surface area contributed by atoms with Crippen LogP contribution in [0.25, 0.3) is 0 Å². The second kappa shape index (κ2) is 7.89. The van der Waals surface area contributed by atoms with Crippen molar-refractivity contribution < 1.29 is 14.3 Å². The van der Waals surface area contributed by atoms with E-state index in [1.165, 1.54) is 5.56 Å². The van der Waals surface area contributed by atoms with Gasteiger partial charge in [-0.15, -0.1) is 0 Å². The average molecular weight is 344 g/mol. The van der Waals surface area contributed by atoms with Gasteiger partial charge >= 0.3 is 0 Å². The second-order valence-electron chi connectivity index (χ2n) is 7.24. The number of carbonyl (C=O) groups excluding carboxylic acids is 2. The highest BCUT2D eigenvalue weighted by Gasteiger charge is 2.33. The molecular formula is C20H28N2O3. The Kier molecular flexibility index (Phi) is 5.61. The van der Waals surface area contributed by atoms with Gasteiger partial charge in [0.1, 0.15) is 11.8 Å². The summed E-state index contributed by atoms with van der Waals surface area (Å²) in [5, 5.41) is 2.91. The highest BCUT2D eigenvalue weighted by atomic mass is 16.5. The Morgan fingerprint density at radius 3 is 2.76 bits per heavy atom. The molecule has 1 N–H and O–H groups in total. The van der Waals surface area contributed by atoms with E-state index >= 15 is 0 Å². The lowest BCUT2D eigenvalue weighted by atomic mass is 9.84. The first-order chi connectivity index (χ1) is 12.1. The first kappa shape index (κ1) is 17.8. The number of likely N-dealkylation sites (tertiary alicyclic amines) is 1. The molecule has 1 aliphatic carbocycles. The Bertz CT molecular complexity index is 627. The number of methoxy groups -OCH3 is 1. The van der Waals surface area contributed by atoms with Gasteiger partial charge in [-0.25, -0.2) is 0 Å². The van der Waals surface area contributed by atoms with Gasteiger partial charge in [0.15, 0.2) is 0 Å². The SMILES string of the molecule is COc1cccc(CC2CCCN2C(=O)C(C)NC(=O)C2CCC2)c1. The van der Waals surface area contributed by atoms with E-state index in [0.717, 1.165) is 50.8 Å². The molecule has 2 fully saturated rings. The van der Waals surface area contributed by atoms with E-state index < -0.39 is 6.04 Å². The fourth-order valence-corrected chi connectivity index (χ4v) is 3.72. The Labute approximate surface area is 149 Å². The predicted octanol–water partition coefficient (Wildman–Crippen LogP) is 2.53. The smallest absolute Gasteiger partial charge is 0.245 e. The van der Waals surface area contributed by atoms with Crippen LogP contribution in [0.1, 0.15) is 44.6 Å². The Morgan fingerprint density at radius 1 is 1.28 bits per heavy atom. The van der Waals surface area contributed by atoms with Crippen molar-refractivity contribution in [2.75, 3.05) is 13.7 Å². The number of hydrogen-bond donors (Lipinski definition) is 1. The summed E-state index contributed by atoms with van der Waals surface area (Å²) in [7, 11) is 1.66. The van der Waals surface area contributed by atoms with Gasteiger partial charge in [0, 0.05) is 18.5 Å². The van der Waals surface area contributed by atoms with Gasteiger partial charge in [-0.2, -0.15) is 0 Å². The minimum atomic E-state index is -0.445. The number of nitrogens with zero attached hydrogens (tertiary/aromatic N) is 1. The highest BCUT2D eigenvalue weighted by Crippen LogP contribution is 2.27. The molecule has 0 spiro atoms. The molecule has 2 unspecified atom stereocenters. The molecule has 1 saturated carbocycles. The maximum atomic E-state index is 12.8. The largest absolute Gasteiger partial charge is 0.497 e. The molecule has 1 heterocycles. The molecular weight excluding hydrogens is 316 g/mol. The first-order valence-corrected chi connectivity index (χ1v) is 9.32. The predicted molar refractivity (Wildman–Crippen MR) is 96.4 cm³/mol. The molecule has 5 heteroatoms. The van der Waals surface area contributed by atoms with E-state index in [0.29, 0.717) is 0 Å². The lowest BCUT2D eigenvalue weighted by molar-refractivity contribution is -0.138. The molecule has 0 bridgehead atoms. The number of nitrogens with one attached hydrogen (secondary N) is 1. The summed E-state index contributed by atoms with van der Waals surface area (Å²) in [5.74, 6) is 1.03. The number of carbonyl (C=O) groups is 2. The quantitative estimate of drug-likeness (QED) is 0.863. The molecule has 0 aromatic heterocycles. The molecule has 1 aromatic carbocycles. The molecule has 25 heavy (non-hydrogen) atoms. The third-order valence-electron chi connectivity index (χ3n) is 5.47. The molecule has 136 valence electrons. The van der Waals surface area contributed by atoms with Gasteiger partial charge < -0.3 is 15.0 Å².